The average Bonchev–Trinajstić information content (AvgIpc) is 2.42. The Morgan fingerprint density at radius 3 is 2.53 bits per heavy atom. The van der Waals surface area contributed by atoms with Crippen LogP contribution in [0.1, 0.15) is 41.5 Å². The molecule has 1 rings (SSSR count). The van der Waals surface area contributed by atoms with Crippen molar-refractivity contribution in [2.45, 2.75) is 58.7 Å². The molecule has 17 heavy (non-hydrogen) atoms. The van der Waals surface area contributed by atoms with Gasteiger partial charge < -0.3 is 10.6 Å². The molecule has 1 amide bonds. The molecule has 0 bridgehead atoms. The molecule has 0 saturated carbocycles. The van der Waals surface area contributed by atoms with Gasteiger partial charge in [-0.25, -0.2) is 4.99 Å². The van der Waals surface area contributed by atoms with E-state index in [-0.39, 0.29) is 23.0 Å². The molecular formula is C12H23N3OS. The third-order valence-corrected chi connectivity index (χ3v) is 3.55. The summed E-state index contributed by atoms with van der Waals surface area (Å²) in [6, 6.07) is -0.349. The zero-order valence-corrected chi connectivity index (χ0v) is 12.4. The summed E-state index contributed by atoms with van der Waals surface area (Å²) in [5.41, 5.74) is -0.134. The summed E-state index contributed by atoms with van der Waals surface area (Å²) in [4.78, 5) is 16.3. The lowest BCUT2D eigenvalue weighted by atomic mass is 10.1. The Morgan fingerprint density at radius 1 is 1.53 bits per heavy atom. The van der Waals surface area contributed by atoms with Crippen molar-refractivity contribution >= 4 is 22.8 Å². The highest BCUT2D eigenvalue weighted by atomic mass is 32.2. The molecule has 0 aromatic carbocycles. The van der Waals surface area contributed by atoms with Crippen LogP contribution in [0.15, 0.2) is 4.99 Å². The highest BCUT2D eigenvalue weighted by molar-refractivity contribution is 8.14. The van der Waals surface area contributed by atoms with Crippen molar-refractivity contribution in [2.24, 2.45) is 4.99 Å². The first-order valence-electron chi connectivity index (χ1n) is 5.90. The maximum atomic E-state index is 11.9. The van der Waals surface area contributed by atoms with Crippen LogP contribution in [0.3, 0.4) is 0 Å². The van der Waals surface area contributed by atoms with Crippen molar-refractivity contribution in [3.8, 4) is 0 Å². The quantitative estimate of drug-likeness (QED) is 0.792. The summed E-state index contributed by atoms with van der Waals surface area (Å²) < 4.78 is 0. The topological polar surface area (TPSA) is 53.5 Å². The Hall–Kier alpha value is -0.710. The number of hydrogen-bond donors (Lipinski definition) is 2. The summed E-state index contributed by atoms with van der Waals surface area (Å²) in [7, 11) is 0. The molecule has 1 fully saturated rings. The molecular weight excluding hydrogens is 234 g/mol. The third-order valence-electron chi connectivity index (χ3n) is 2.20. The molecule has 2 N–H and O–H groups in total. The van der Waals surface area contributed by atoms with Crippen molar-refractivity contribution in [3.63, 3.8) is 0 Å². The molecule has 5 heteroatoms. The summed E-state index contributed by atoms with van der Waals surface area (Å²) in [6.07, 6.45) is 0. The van der Waals surface area contributed by atoms with E-state index in [9.17, 15) is 4.79 Å². The zero-order chi connectivity index (χ0) is 13.3. The smallest absolute Gasteiger partial charge is 0.245 e. The number of carbonyl (C=O) groups excluding carboxylic acids is 1. The molecule has 0 aromatic heterocycles. The van der Waals surface area contributed by atoms with Gasteiger partial charge in [-0.2, -0.15) is 0 Å². The molecule has 0 spiro atoms. The Morgan fingerprint density at radius 2 is 2.12 bits per heavy atom. The number of hydrogen-bond acceptors (Lipinski definition) is 3. The number of rotatable bonds is 2. The van der Waals surface area contributed by atoms with Crippen LogP contribution in [0.5, 0.6) is 0 Å². The molecule has 1 unspecified atom stereocenters. The van der Waals surface area contributed by atoms with Crippen molar-refractivity contribution < 1.29 is 4.79 Å². The van der Waals surface area contributed by atoms with Gasteiger partial charge in [-0.05, 0) is 41.5 Å². The predicted octanol–water partition coefficient (Wildman–Crippen LogP) is 1.76. The van der Waals surface area contributed by atoms with E-state index in [1.165, 1.54) is 0 Å². The minimum atomic E-state index is -0.349. The first-order valence-corrected chi connectivity index (χ1v) is 6.88. The van der Waals surface area contributed by atoms with Crippen molar-refractivity contribution in [3.05, 3.63) is 0 Å². The summed E-state index contributed by atoms with van der Waals surface area (Å²) in [6.45, 7) is 12.0. The number of carbonyl (C=O) groups is 1. The van der Waals surface area contributed by atoms with Crippen molar-refractivity contribution in [1.29, 1.82) is 0 Å². The third kappa shape index (κ3) is 4.98. The van der Waals surface area contributed by atoms with Crippen LogP contribution >= 0.6 is 11.8 Å². The van der Waals surface area contributed by atoms with E-state index in [0.717, 1.165) is 10.9 Å². The maximum Gasteiger partial charge on any atom is 0.245 e. The first-order chi connectivity index (χ1) is 7.59. The monoisotopic (exact) mass is 257 g/mol. The Labute approximate surface area is 108 Å². The van der Waals surface area contributed by atoms with E-state index >= 15 is 0 Å². The number of thioether (sulfide) groups is 1. The van der Waals surface area contributed by atoms with Crippen LogP contribution in [0.2, 0.25) is 0 Å². The molecule has 0 aliphatic carbocycles. The van der Waals surface area contributed by atoms with E-state index in [2.05, 4.69) is 29.5 Å². The average molecular weight is 257 g/mol. The molecule has 4 nitrogen and oxygen atoms in total. The summed E-state index contributed by atoms with van der Waals surface area (Å²) in [5, 5.41) is 7.11. The van der Waals surface area contributed by atoms with Gasteiger partial charge in [-0.15, -0.1) is 0 Å². The van der Waals surface area contributed by atoms with Crippen LogP contribution in [0.25, 0.3) is 0 Å². The highest BCUT2D eigenvalue weighted by Gasteiger charge is 2.28. The van der Waals surface area contributed by atoms with Gasteiger partial charge in [0.05, 0.1) is 0 Å². The second-order valence-electron chi connectivity index (χ2n) is 6.15. The maximum absolute atomic E-state index is 11.9. The summed E-state index contributed by atoms with van der Waals surface area (Å²) in [5.74, 6) is 0.955. The van der Waals surface area contributed by atoms with Gasteiger partial charge in [0.25, 0.3) is 0 Å². The normalized spacial score (nSPS) is 23.3. The lowest BCUT2D eigenvalue weighted by molar-refractivity contribution is -0.123. The molecule has 1 saturated heterocycles. The summed E-state index contributed by atoms with van der Waals surface area (Å²) >= 11 is 1.67. The van der Waals surface area contributed by atoms with Gasteiger partial charge >= 0.3 is 0 Å². The molecule has 1 heterocycles. The Balaban J connectivity index is 2.58. The second kappa shape index (κ2) is 4.88. The van der Waals surface area contributed by atoms with Gasteiger partial charge in [0, 0.05) is 16.8 Å². The SMILES string of the molecule is CC(N=C1NC(C)(C)CS1)C(=O)NC(C)(C)C. The van der Waals surface area contributed by atoms with Crippen LogP contribution in [-0.4, -0.2) is 33.9 Å². The van der Waals surface area contributed by atoms with Crippen LogP contribution in [-0.2, 0) is 4.79 Å². The number of nitrogens with one attached hydrogen (secondary N) is 2. The highest BCUT2D eigenvalue weighted by Crippen LogP contribution is 2.22. The minimum absolute atomic E-state index is 0.0305. The fourth-order valence-corrected chi connectivity index (χ4v) is 2.54. The van der Waals surface area contributed by atoms with E-state index in [1.54, 1.807) is 11.8 Å². The number of amides is 1. The number of nitrogens with zero attached hydrogens (tertiary/aromatic N) is 1. The van der Waals surface area contributed by atoms with Gasteiger partial charge in [0.15, 0.2) is 5.17 Å². The first kappa shape index (κ1) is 14.4. The van der Waals surface area contributed by atoms with Crippen LogP contribution < -0.4 is 10.6 Å². The minimum Gasteiger partial charge on any atom is -0.359 e. The lowest BCUT2D eigenvalue weighted by Crippen LogP contribution is -2.45. The second-order valence-corrected chi connectivity index (χ2v) is 7.11. The van der Waals surface area contributed by atoms with Gasteiger partial charge in [0.2, 0.25) is 5.91 Å². The molecule has 1 aliphatic rings. The van der Waals surface area contributed by atoms with E-state index in [1.807, 2.05) is 27.7 Å². The van der Waals surface area contributed by atoms with E-state index in [0.29, 0.717) is 0 Å². The van der Waals surface area contributed by atoms with Gasteiger partial charge in [0.1, 0.15) is 6.04 Å². The lowest BCUT2D eigenvalue weighted by Gasteiger charge is -2.22. The standard InChI is InChI=1S/C12H23N3OS/c1-8(9(16)14-11(2,3)4)13-10-15-12(5,6)7-17-10/h8H,7H2,1-6H3,(H,13,15)(H,14,16). The van der Waals surface area contributed by atoms with E-state index < -0.39 is 0 Å². The largest absolute Gasteiger partial charge is 0.359 e. The number of aliphatic imine (C=N–C) groups is 1. The van der Waals surface area contributed by atoms with Gasteiger partial charge in [-0.3, -0.25) is 4.79 Å². The Bertz CT molecular complexity index is 331. The Kier molecular flexibility index (Phi) is 4.12. The fourth-order valence-electron chi connectivity index (χ4n) is 1.39. The molecule has 1 aliphatic heterocycles. The molecule has 0 aromatic rings. The van der Waals surface area contributed by atoms with Gasteiger partial charge in [-0.1, -0.05) is 11.8 Å². The van der Waals surface area contributed by atoms with Crippen molar-refractivity contribution in [2.75, 3.05) is 5.75 Å². The predicted molar refractivity (Wildman–Crippen MR) is 74.5 cm³/mol. The fraction of sp³-hybridized carbons (Fsp3) is 0.833. The van der Waals surface area contributed by atoms with Crippen LogP contribution in [0, 0.1) is 0 Å². The zero-order valence-electron chi connectivity index (χ0n) is 11.5. The molecule has 98 valence electrons. The molecule has 0 radical (unpaired) electrons. The van der Waals surface area contributed by atoms with Crippen LogP contribution in [0.4, 0.5) is 0 Å². The molecule has 1 atom stereocenters. The number of amidine groups is 1. The van der Waals surface area contributed by atoms with Crippen molar-refractivity contribution in [1.82, 2.24) is 10.6 Å². The van der Waals surface area contributed by atoms with E-state index in [4.69, 9.17) is 0 Å².